The Hall–Kier alpha value is -6.73. The topological polar surface area (TPSA) is 51.8 Å². The molecular weight excluding hydrogens is 711 g/mol. The molecule has 0 N–H and O–H groups in total. The van der Waals surface area contributed by atoms with Gasteiger partial charge in [0.15, 0.2) is 17.5 Å². The minimum absolute atomic E-state index is 0.609. The summed E-state index contributed by atoms with van der Waals surface area (Å²) in [5.74, 6) is 1.89. The largest absolute Gasteiger partial charge is 0.456 e. The molecule has 0 aliphatic rings. The number of fused-ring (bicyclic) bond motifs is 10. The first-order chi connectivity index (χ1) is 27.2. The molecule has 0 spiro atoms. The molecule has 8 aromatic carbocycles. The Bertz CT molecular complexity index is 3520. The van der Waals surface area contributed by atoms with E-state index in [1.165, 1.54) is 51.3 Å². The SMILES string of the molecule is c1ccc2cc(-c3nc(-c4cccc5c4sc4ccccc45)nc(-c4cccc5oc6cc(-c7cccc8sc9ccccc9c78)ccc6c45)n3)ccc2c1. The van der Waals surface area contributed by atoms with Crippen molar-refractivity contribution in [3.63, 3.8) is 0 Å². The molecule has 0 saturated carbocycles. The summed E-state index contributed by atoms with van der Waals surface area (Å²) in [5.41, 5.74) is 6.80. The van der Waals surface area contributed by atoms with Crippen molar-refractivity contribution < 1.29 is 4.42 Å². The second-order valence-electron chi connectivity index (χ2n) is 13.9. The summed E-state index contributed by atoms with van der Waals surface area (Å²) < 4.78 is 11.6. The van der Waals surface area contributed by atoms with Crippen LogP contribution in [0.3, 0.4) is 0 Å². The molecule has 12 aromatic rings. The standard InChI is InChI=1S/C49H27N3OS2/c1-2-11-29-26-31(23-22-28(29)10-1)47-50-48(52-49(51-47)38-17-7-15-34-33-12-3-5-19-41(33)55-46(34)38)37-16-8-18-39-44(37)35-25-24-30(27-40(35)53-39)32-14-9-21-43-45(32)36-13-4-6-20-42(36)54-43/h1-27H. The average molecular weight is 738 g/mol. The second-order valence-corrected chi connectivity index (χ2v) is 16.1. The van der Waals surface area contributed by atoms with Crippen LogP contribution in [-0.2, 0) is 0 Å². The fraction of sp³-hybridized carbons (Fsp3) is 0. The summed E-state index contributed by atoms with van der Waals surface area (Å²) in [5, 5.41) is 9.34. The monoisotopic (exact) mass is 737 g/mol. The maximum absolute atomic E-state index is 6.66. The van der Waals surface area contributed by atoms with Crippen LogP contribution >= 0.6 is 22.7 Å². The Morgan fingerprint density at radius 2 is 1.02 bits per heavy atom. The molecule has 0 radical (unpaired) electrons. The Balaban J connectivity index is 1.08. The van der Waals surface area contributed by atoms with E-state index in [2.05, 4.69) is 152 Å². The van der Waals surface area contributed by atoms with Gasteiger partial charge in [0.25, 0.3) is 0 Å². The summed E-state index contributed by atoms with van der Waals surface area (Å²) in [7, 11) is 0. The van der Waals surface area contributed by atoms with Gasteiger partial charge in [-0.2, -0.15) is 0 Å². The van der Waals surface area contributed by atoms with Crippen molar-refractivity contribution >= 4 is 95.7 Å². The zero-order valence-corrected chi connectivity index (χ0v) is 30.8. The van der Waals surface area contributed by atoms with Crippen molar-refractivity contribution in [1.82, 2.24) is 15.0 Å². The fourth-order valence-electron chi connectivity index (χ4n) is 8.19. The van der Waals surface area contributed by atoms with Gasteiger partial charge < -0.3 is 4.42 Å². The van der Waals surface area contributed by atoms with E-state index < -0.39 is 0 Å². The van der Waals surface area contributed by atoms with Crippen LogP contribution in [0, 0.1) is 0 Å². The van der Waals surface area contributed by atoms with E-state index in [0.29, 0.717) is 17.5 Å². The molecule has 55 heavy (non-hydrogen) atoms. The zero-order chi connectivity index (χ0) is 36.0. The first-order valence-electron chi connectivity index (χ1n) is 18.3. The molecule has 0 fully saturated rings. The lowest BCUT2D eigenvalue weighted by molar-refractivity contribution is 0.669. The third kappa shape index (κ3) is 4.79. The molecular formula is C49H27N3OS2. The highest BCUT2D eigenvalue weighted by atomic mass is 32.1. The van der Waals surface area contributed by atoms with Crippen molar-refractivity contribution in [3.8, 4) is 45.3 Å². The lowest BCUT2D eigenvalue weighted by Gasteiger charge is -2.10. The highest BCUT2D eigenvalue weighted by Crippen LogP contribution is 2.44. The minimum atomic E-state index is 0.609. The highest BCUT2D eigenvalue weighted by molar-refractivity contribution is 7.26. The number of furan rings is 1. The van der Waals surface area contributed by atoms with Crippen LogP contribution in [0.2, 0.25) is 0 Å². The van der Waals surface area contributed by atoms with E-state index in [0.717, 1.165) is 49.6 Å². The van der Waals surface area contributed by atoms with Gasteiger partial charge in [0.1, 0.15) is 11.2 Å². The van der Waals surface area contributed by atoms with Gasteiger partial charge in [-0.05, 0) is 70.4 Å². The van der Waals surface area contributed by atoms with Crippen LogP contribution in [-0.4, -0.2) is 15.0 Å². The van der Waals surface area contributed by atoms with Crippen LogP contribution in [0.25, 0.3) is 118 Å². The van der Waals surface area contributed by atoms with Crippen LogP contribution < -0.4 is 0 Å². The molecule has 0 saturated heterocycles. The lowest BCUT2D eigenvalue weighted by atomic mass is 9.98. The summed E-state index contributed by atoms with van der Waals surface area (Å²) in [6, 6.07) is 57.8. The second kappa shape index (κ2) is 11.9. The number of hydrogen-bond donors (Lipinski definition) is 0. The van der Waals surface area contributed by atoms with Crippen LogP contribution in [0.15, 0.2) is 168 Å². The molecule has 4 heterocycles. The van der Waals surface area contributed by atoms with Gasteiger partial charge in [-0.1, -0.05) is 115 Å². The number of benzene rings is 8. The third-order valence-electron chi connectivity index (χ3n) is 10.7. The van der Waals surface area contributed by atoms with E-state index in [1.54, 1.807) is 11.3 Å². The molecule has 0 amide bonds. The Kier molecular flexibility index (Phi) is 6.64. The molecule has 4 nitrogen and oxygen atoms in total. The maximum Gasteiger partial charge on any atom is 0.165 e. The quantitative estimate of drug-likeness (QED) is 0.180. The van der Waals surface area contributed by atoms with Crippen molar-refractivity contribution in [1.29, 1.82) is 0 Å². The van der Waals surface area contributed by atoms with Crippen molar-refractivity contribution in [2.24, 2.45) is 0 Å². The van der Waals surface area contributed by atoms with Crippen LogP contribution in [0.4, 0.5) is 0 Å². The lowest BCUT2D eigenvalue weighted by Crippen LogP contribution is -2.00. The number of aromatic nitrogens is 3. The van der Waals surface area contributed by atoms with E-state index in [4.69, 9.17) is 19.4 Å². The highest BCUT2D eigenvalue weighted by Gasteiger charge is 2.21. The first-order valence-corrected chi connectivity index (χ1v) is 19.9. The number of nitrogens with zero attached hydrogens (tertiary/aromatic N) is 3. The van der Waals surface area contributed by atoms with Gasteiger partial charge >= 0.3 is 0 Å². The number of thiophene rings is 2. The molecule has 0 atom stereocenters. The predicted molar refractivity (Wildman–Crippen MR) is 232 cm³/mol. The van der Waals surface area contributed by atoms with Crippen molar-refractivity contribution in [2.75, 3.05) is 0 Å². The average Bonchev–Trinajstić information content (AvgIpc) is 3.94. The Labute approximate surface area is 322 Å². The van der Waals surface area contributed by atoms with E-state index in [-0.39, 0.29) is 0 Å². The van der Waals surface area contributed by atoms with Gasteiger partial charge in [0, 0.05) is 67.8 Å². The molecule has 4 aromatic heterocycles. The van der Waals surface area contributed by atoms with Crippen LogP contribution in [0.1, 0.15) is 0 Å². The zero-order valence-electron chi connectivity index (χ0n) is 29.2. The minimum Gasteiger partial charge on any atom is -0.456 e. The summed E-state index contributed by atoms with van der Waals surface area (Å²) in [6.45, 7) is 0. The van der Waals surface area contributed by atoms with Crippen LogP contribution in [0.5, 0.6) is 0 Å². The number of rotatable bonds is 4. The Morgan fingerprint density at radius 3 is 1.93 bits per heavy atom. The molecule has 0 aliphatic heterocycles. The first kappa shape index (κ1) is 30.7. The van der Waals surface area contributed by atoms with E-state index >= 15 is 0 Å². The third-order valence-corrected chi connectivity index (χ3v) is 13.1. The molecule has 0 unspecified atom stereocenters. The molecule has 256 valence electrons. The molecule has 6 heteroatoms. The van der Waals surface area contributed by atoms with Gasteiger partial charge in [-0.15, -0.1) is 22.7 Å². The molecule has 12 rings (SSSR count). The van der Waals surface area contributed by atoms with Crippen molar-refractivity contribution in [3.05, 3.63) is 164 Å². The predicted octanol–water partition coefficient (Wildman–Crippen LogP) is 14.3. The Morgan fingerprint density at radius 1 is 0.364 bits per heavy atom. The maximum atomic E-state index is 6.66. The van der Waals surface area contributed by atoms with Gasteiger partial charge in [-0.3, -0.25) is 0 Å². The molecule has 0 aliphatic carbocycles. The van der Waals surface area contributed by atoms with E-state index in [9.17, 15) is 0 Å². The van der Waals surface area contributed by atoms with Gasteiger partial charge in [-0.25, -0.2) is 15.0 Å². The fourth-order valence-corrected chi connectivity index (χ4v) is 10.5. The smallest absolute Gasteiger partial charge is 0.165 e. The number of hydrogen-bond acceptors (Lipinski definition) is 6. The normalized spacial score (nSPS) is 12.0. The summed E-state index contributed by atoms with van der Waals surface area (Å²) >= 11 is 3.62. The van der Waals surface area contributed by atoms with Gasteiger partial charge in [0.2, 0.25) is 0 Å². The molecule has 0 bridgehead atoms. The van der Waals surface area contributed by atoms with Gasteiger partial charge in [0.05, 0.1) is 0 Å². The van der Waals surface area contributed by atoms with E-state index in [1.807, 2.05) is 23.5 Å². The summed E-state index contributed by atoms with van der Waals surface area (Å²) in [6.07, 6.45) is 0. The van der Waals surface area contributed by atoms with Crippen molar-refractivity contribution in [2.45, 2.75) is 0 Å². The summed E-state index contributed by atoms with van der Waals surface area (Å²) in [4.78, 5) is 15.7.